The standard InChI is InChI=1S/C27H20N2/c1-4-11-21(12-5-1)24-17-10-18-25(22-13-6-2-7-14-22)26(24)29-20-19-28-27(29)23-15-8-3-9-16-23/h1-20H/i3D,8D,9D,15D,19D,20D. The fraction of sp³-hybridized carbons (Fsp3) is 0. The van der Waals surface area contributed by atoms with Crippen molar-refractivity contribution >= 4 is 0 Å². The van der Waals surface area contributed by atoms with Gasteiger partial charge in [-0.15, -0.1) is 0 Å². The van der Waals surface area contributed by atoms with E-state index >= 15 is 0 Å². The summed E-state index contributed by atoms with van der Waals surface area (Å²) in [5.74, 6) is 0.118. The molecule has 0 aliphatic heterocycles. The summed E-state index contributed by atoms with van der Waals surface area (Å²) in [5.41, 5.74) is 4.16. The monoisotopic (exact) mass is 378 g/mol. The first-order chi connectivity index (χ1) is 16.9. The van der Waals surface area contributed by atoms with Crippen LogP contribution in [0.15, 0.2) is 121 Å². The first kappa shape index (κ1) is 11.8. The van der Waals surface area contributed by atoms with Crippen molar-refractivity contribution in [3.8, 4) is 39.3 Å². The van der Waals surface area contributed by atoms with Gasteiger partial charge in [-0.3, -0.25) is 4.57 Å². The normalized spacial score (nSPS) is 13.7. The summed E-state index contributed by atoms with van der Waals surface area (Å²) >= 11 is 0. The molecule has 5 rings (SSSR count). The molecule has 0 N–H and O–H groups in total. The largest absolute Gasteiger partial charge is 0.299 e. The Labute approximate surface area is 179 Å². The van der Waals surface area contributed by atoms with Crippen LogP contribution in [0, 0.1) is 0 Å². The van der Waals surface area contributed by atoms with E-state index in [1.165, 1.54) is 10.6 Å². The summed E-state index contributed by atoms with van der Waals surface area (Å²) in [4.78, 5) is 4.29. The molecule has 29 heavy (non-hydrogen) atoms. The highest BCUT2D eigenvalue weighted by Gasteiger charge is 2.17. The molecular formula is C27H20N2. The molecule has 0 atom stereocenters. The van der Waals surface area contributed by atoms with Crippen molar-refractivity contribution in [3.05, 3.63) is 121 Å². The maximum Gasteiger partial charge on any atom is 0.144 e. The van der Waals surface area contributed by atoms with Crippen molar-refractivity contribution in [3.63, 3.8) is 0 Å². The van der Waals surface area contributed by atoms with Gasteiger partial charge in [0.1, 0.15) is 5.82 Å². The van der Waals surface area contributed by atoms with Gasteiger partial charge < -0.3 is 0 Å². The van der Waals surface area contributed by atoms with E-state index in [1.807, 2.05) is 78.9 Å². The number of nitrogens with zero attached hydrogens (tertiary/aromatic N) is 2. The minimum atomic E-state index is -0.389. The van der Waals surface area contributed by atoms with Crippen molar-refractivity contribution in [2.75, 3.05) is 0 Å². The molecule has 138 valence electrons. The third-order valence-corrected chi connectivity index (χ3v) is 4.75. The zero-order valence-electron chi connectivity index (χ0n) is 21.5. The van der Waals surface area contributed by atoms with E-state index in [9.17, 15) is 0 Å². The third kappa shape index (κ3) is 3.26. The minimum absolute atomic E-state index is 0.118. The average Bonchev–Trinajstić information content (AvgIpc) is 3.18. The topological polar surface area (TPSA) is 17.8 Å². The van der Waals surface area contributed by atoms with Gasteiger partial charge in [0.05, 0.1) is 13.9 Å². The van der Waals surface area contributed by atoms with Crippen molar-refractivity contribution in [2.45, 2.75) is 0 Å². The molecule has 0 bridgehead atoms. The number of para-hydroxylation sites is 1. The van der Waals surface area contributed by atoms with Gasteiger partial charge in [-0.1, -0.05) is 109 Å². The SMILES string of the molecule is [2H]c1cc(-c2nc([2H])c([2H])n2-c2c(-c3ccccc3)cccc2-c2ccccc2)c([2H])c([2H])c1[2H]. The molecule has 5 aromatic rings. The van der Waals surface area contributed by atoms with Gasteiger partial charge in [0.15, 0.2) is 0 Å². The molecule has 0 amide bonds. The Kier molecular flexibility index (Phi) is 3.10. The Hall–Kier alpha value is -3.91. The van der Waals surface area contributed by atoms with Crippen LogP contribution >= 0.6 is 0 Å². The van der Waals surface area contributed by atoms with E-state index in [0.717, 1.165) is 22.3 Å². The Morgan fingerprint density at radius 2 is 1.28 bits per heavy atom. The zero-order valence-corrected chi connectivity index (χ0v) is 15.5. The van der Waals surface area contributed by atoms with Crippen LogP contribution in [-0.4, -0.2) is 9.55 Å². The quantitative estimate of drug-likeness (QED) is 0.333. The molecule has 1 heterocycles. The lowest BCUT2D eigenvalue weighted by atomic mass is 9.95. The molecule has 0 fully saturated rings. The molecule has 0 saturated carbocycles. The van der Waals surface area contributed by atoms with E-state index in [-0.39, 0.29) is 47.9 Å². The summed E-state index contributed by atoms with van der Waals surface area (Å²) in [6.45, 7) is 0. The second kappa shape index (κ2) is 7.61. The molecular weight excluding hydrogens is 352 g/mol. The molecule has 0 saturated heterocycles. The van der Waals surface area contributed by atoms with Crippen LogP contribution in [0.2, 0.25) is 0 Å². The number of benzene rings is 4. The summed E-state index contributed by atoms with van der Waals surface area (Å²) in [6.07, 6.45) is -0.456. The van der Waals surface area contributed by atoms with Crippen molar-refractivity contribution in [1.82, 2.24) is 9.55 Å². The summed E-state index contributed by atoms with van der Waals surface area (Å²) in [5, 5.41) is 0. The molecule has 0 radical (unpaired) electrons. The van der Waals surface area contributed by atoms with Gasteiger partial charge in [0.2, 0.25) is 0 Å². The molecule has 0 spiro atoms. The maximum absolute atomic E-state index is 8.76. The lowest BCUT2D eigenvalue weighted by Crippen LogP contribution is -2.02. The number of hydrogen-bond donors (Lipinski definition) is 0. The minimum Gasteiger partial charge on any atom is -0.299 e. The van der Waals surface area contributed by atoms with Crippen molar-refractivity contribution < 1.29 is 8.22 Å². The maximum atomic E-state index is 8.76. The predicted octanol–water partition coefficient (Wildman–Crippen LogP) is 6.87. The summed E-state index contributed by atoms with van der Waals surface area (Å²) in [6, 6.07) is 25.3. The highest BCUT2D eigenvalue weighted by atomic mass is 15.1. The molecule has 2 heteroatoms. The fourth-order valence-corrected chi connectivity index (χ4v) is 3.46. The Balaban J connectivity index is 1.91. The van der Waals surface area contributed by atoms with Crippen LogP contribution in [0.3, 0.4) is 0 Å². The van der Waals surface area contributed by atoms with Gasteiger partial charge in [0, 0.05) is 29.0 Å². The second-order valence-corrected chi connectivity index (χ2v) is 6.51. The lowest BCUT2D eigenvalue weighted by Gasteiger charge is -2.18. The smallest absolute Gasteiger partial charge is 0.144 e. The summed E-state index contributed by atoms with van der Waals surface area (Å²) in [7, 11) is 0. The van der Waals surface area contributed by atoms with Crippen LogP contribution in [-0.2, 0) is 0 Å². The Morgan fingerprint density at radius 1 is 0.621 bits per heavy atom. The number of rotatable bonds is 4. The molecule has 1 aromatic heterocycles. The number of imidazole rings is 1. The van der Waals surface area contributed by atoms with Gasteiger partial charge in [-0.05, 0) is 11.1 Å². The van der Waals surface area contributed by atoms with Crippen molar-refractivity contribution in [1.29, 1.82) is 0 Å². The highest BCUT2D eigenvalue weighted by Crippen LogP contribution is 2.37. The van der Waals surface area contributed by atoms with Gasteiger partial charge in [0.25, 0.3) is 0 Å². The number of hydrogen-bond acceptors (Lipinski definition) is 1. The zero-order chi connectivity index (χ0) is 24.7. The van der Waals surface area contributed by atoms with Crippen molar-refractivity contribution in [2.24, 2.45) is 0 Å². The van der Waals surface area contributed by atoms with Gasteiger partial charge in [-0.25, -0.2) is 4.98 Å². The van der Waals surface area contributed by atoms with Gasteiger partial charge >= 0.3 is 0 Å². The molecule has 2 nitrogen and oxygen atoms in total. The van der Waals surface area contributed by atoms with E-state index < -0.39 is 0 Å². The Bertz CT molecular complexity index is 1490. The van der Waals surface area contributed by atoms with E-state index in [1.54, 1.807) is 0 Å². The summed E-state index contributed by atoms with van der Waals surface area (Å²) < 4.78 is 51.3. The van der Waals surface area contributed by atoms with Crippen LogP contribution in [0.25, 0.3) is 39.3 Å². The average molecular weight is 379 g/mol. The molecule has 4 aromatic carbocycles. The molecule has 0 aliphatic carbocycles. The first-order valence-electron chi connectivity index (χ1n) is 12.3. The first-order valence-corrected chi connectivity index (χ1v) is 9.26. The van der Waals surface area contributed by atoms with E-state index in [0.29, 0.717) is 5.69 Å². The number of aromatic nitrogens is 2. The Morgan fingerprint density at radius 3 is 1.93 bits per heavy atom. The third-order valence-electron chi connectivity index (χ3n) is 4.75. The van der Waals surface area contributed by atoms with Crippen LogP contribution in [0.5, 0.6) is 0 Å². The highest BCUT2D eigenvalue weighted by molar-refractivity contribution is 5.86. The predicted molar refractivity (Wildman–Crippen MR) is 120 cm³/mol. The van der Waals surface area contributed by atoms with Crippen LogP contribution in [0.1, 0.15) is 8.22 Å². The molecule has 0 unspecified atom stereocenters. The second-order valence-electron chi connectivity index (χ2n) is 6.51. The fourth-order valence-electron chi connectivity index (χ4n) is 3.46. The lowest BCUT2D eigenvalue weighted by molar-refractivity contribution is 1.07. The van der Waals surface area contributed by atoms with Gasteiger partial charge in [-0.2, -0.15) is 0 Å². The van der Waals surface area contributed by atoms with E-state index in [4.69, 9.17) is 8.22 Å². The van der Waals surface area contributed by atoms with Crippen LogP contribution < -0.4 is 0 Å². The molecule has 0 aliphatic rings. The van der Waals surface area contributed by atoms with Crippen LogP contribution in [0.4, 0.5) is 0 Å². The van der Waals surface area contributed by atoms with E-state index in [2.05, 4.69) is 4.98 Å².